The van der Waals surface area contributed by atoms with Crippen LogP contribution >= 0.6 is 12.2 Å². The number of benzene rings is 1. The number of thiocarbonyl (C=S) groups is 1. The van der Waals surface area contributed by atoms with Gasteiger partial charge >= 0.3 is 0 Å². The van der Waals surface area contributed by atoms with Crippen molar-refractivity contribution in [2.45, 2.75) is 24.8 Å². The van der Waals surface area contributed by atoms with E-state index in [4.69, 9.17) is 23.1 Å². The number of sulfonamides is 1. The number of hydrogen-bond acceptors (Lipinski definition) is 4. The summed E-state index contributed by atoms with van der Waals surface area (Å²) in [4.78, 5) is 0.273. The molecule has 0 saturated carbocycles. The average Bonchev–Trinajstić information content (AvgIpc) is 2.35. The lowest BCUT2D eigenvalue weighted by Crippen LogP contribution is -2.39. The summed E-state index contributed by atoms with van der Waals surface area (Å²) in [6.07, 6.45) is 0. The maximum Gasteiger partial charge on any atom is 0.243 e. The van der Waals surface area contributed by atoms with Gasteiger partial charge in [-0.15, -0.1) is 0 Å². The number of aliphatic hydroxyl groups excluding tert-OH is 1. The molecule has 7 heteroatoms. The molecule has 0 atom stereocenters. The molecule has 0 amide bonds. The Morgan fingerprint density at radius 1 is 1.47 bits per heavy atom. The number of rotatable bonds is 6. The summed E-state index contributed by atoms with van der Waals surface area (Å²) in [5.41, 5.74) is 6.01. The zero-order valence-electron chi connectivity index (χ0n) is 10.9. The Labute approximate surface area is 119 Å². The van der Waals surface area contributed by atoms with Crippen LogP contribution in [-0.4, -0.2) is 42.0 Å². The topological polar surface area (TPSA) is 83.6 Å². The average molecular weight is 302 g/mol. The molecule has 0 radical (unpaired) electrons. The van der Waals surface area contributed by atoms with Crippen LogP contribution < -0.4 is 5.73 Å². The summed E-state index contributed by atoms with van der Waals surface area (Å²) in [6.45, 7) is 3.33. The first-order valence-electron chi connectivity index (χ1n) is 5.83. The summed E-state index contributed by atoms with van der Waals surface area (Å²) in [5.74, 6) is 0. The second-order valence-corrected chi connectivity index (χ2v) is 6.66. The molecule has 0 bridgehead atoms. The molecule has 5 nitrogen and oxygen atoms in total. The fourth-order valence-electron chi connectivity index (χ4n) is 1.70. The number of hydrogen-bond donors (Lipinski definition) is 2. The van der Waals surface area contributed by atoms with Crippen LogP contribution in [-0.2, 0) is 10.0 Å². The Kier molecular flexibility index (Phi) is 5.42. The van der Waals surface area contributed by atoms with Crippen molar-refractivity contribution in [3.63, 3.8) is 0 Å². The highest BCUT2D eigenvalue weighted by Crippen LogP contribution is 2.19. The maximum absolute atomic E-state index is 12.5. The molecule has 1 rings (SSSR count). The van der Waals surface area contributed by atoms with Gasteiger partial charge < -0.3 is 10.8 Å². The monoisotopic (exact) mass is 302 g/mol. The molecule has 0 heterocycles. The minimum atomic E-state index is -3.66. The predicted molar refractivity (Wildman–Crippen MR) is 78.4 cm³/mol. The molecule has 0 saturated heterocycles. The smallest absolute Gasteiger partial charge is 0.243 e. The van der Waals surface area contributed by atoms with Crippen molar-refractivity contribution in [3.05, 3.63) is 29.8 Å². The summed E-state index contributed by atoms with van der Waals surface area (Å²) in [5, 5.41) is 8.99. The lowest BCUT2D eigenvalue weighted by molar-refractivity contribution is 0.236. The van der Waals surface area contributed by atoms with Gasteiger partial charge in [0.2, 0.25) is 10.0 Å². The van der Waals surface area contributed by atoms with Crippen molar-refractivity contribution in [3.8, 4) is 0 Å². The fourth-order valence-corrected chi connectivity index (χ4v) is 3.50. The summed E-state index contributed by atoms with van der Waals surface area (Å²) in [7, 11) is -3.66. The first kappa shape index (κ1) is 16.0. The van der Waals surface area contributed by atoms with E-state index >= 15 is 0 Å². The third kappa shape index (κ3) is 3.73. The van der Waals surface area contributed by atoms with Crippen LogP contribution in [0, 0.1) is 0 Å². The molecule has 0 fully saturated rings. The first-order valence-corrected chi connectivity index (χ1v) is 7.68. The first-order chi connectivity index (χ1) is 8.80. The van der Waals surface area contributed by atoms with Gasteiger partial charge in [-0.3, -0.25) is 0 Å². The SMILES string of the molecule is CC(C)N(CCO)S(=O)(=O)c1cccc(C(N)=S)c1. The number of aliphatic hydroxyl groups is 1. The van der Waals surface area contributed by atoms with E-state index in [9.17, 15) is 8.42 Å². The van der Waals surface area contributed by atoms with E-state index in [1.165, 1.54) is 16.4 Å². The van der Waals surface area contributed by atoms with E-state index < -0.39 is 10.0 Å². The molecule has 0 unspecified atom stereocenters. The van der Waals surface area contributed by atoms with Gasteiger partial charge in [0.1, 0.15) is 4.99 Å². The van der Waals surface area contributed by atoms with Gasteiger partial charge in [-0.1, -0.05) is 24.4 Å². The molecule has 106 valence electrons. The highest BCUT2D eigenvalue weighted by atomic mass is 32.2. The second-order valence-electron chi connectivity index (χ2n) is 4.33. The third-order valence-corrected chi connectivity index (χ3v) is 4.93. The molecule has 1 aromatic carbocycles. The van der Waals surface area contributed by atoms with E-state index in [1.807, 2.05) is 0 Å². The maximum atomic E-state index is 12.5. The minimum Gasteiger partial charge on any atom is -0.395 e. The molecule has 19 heavy (non-hydrogen) atoms. The lowest BCUT2D eigenvalue weighted by atomic mass is 10.2. The zero-order valence-corrected chi connectivity index (χ0v) is 12.5. The van der Waals surface area contributed by atoms with E-state index in [2.05, 4.69) is 0 Å². The summed E-state index contributed by atoms with van der Waals surface area (Å²) in [6, 6.07) is 5.95. The van der Waals surface area contributed by atoms with Crippen LogP contribution in [0.3, 0.4) is 0 Å². The van der Waals surface area contributed by atoms with Gasteiger partial charge in [0, 0.05) is 18.2 Å². The van der Waals surface area contributed by atoms with Crippen molar-refractivity contribution in [1.82, 2.24) is 4.31 Å². The van der Waals surface area contributed by atoms with Crippen molar-refractivity contribution >= 4 is 27.2 Å². The van der Waals surface area contributed by atoms with Crippen LogP contribution in [0.5, 0.6) is 0 Å². The quantitative estimate of drug-likeness (QED) is 0.756. The Morgan fingerprint density at radius 2 is 2.11 bits per heavy atom. The van der Waals surface area contributed by atoms with Crippen LogP contribution in [0.1, 0.15) is 19.4 Å². The molecule has 0 aliphatic carbocycles. The third-order valence-electron chi connectivity index (χ3n) is 2.62. The van der Waals surface area contributed by atoms with E-state index in [0.717, 1.165) is 0 Å². The van der Waals surface area contributed by atoms with Gasteiger partial charge in [-0.25, -0.2) is 8.42 Å². The van der Waals surface area contributed by atoms with Gasteiger partial charge in [0.25, 0.3) is 0 Å². The second kappa shape index (κ2) is 6.42. The van der Waals surface area contributed by atoms with Crippen LogP contribution in [0.2, 0.25) is 0 Å². The molecular weight excluding hydrogens is 284 g/mol. The van der Waals surface area contributed by atoms with Crippen LogP contribution in [0.4, 0.5) is 0 Å². The predicted octanol–water partition coefficient (Wildman–Crippen LogP) is 0.712. The van der Waals surface area contributed by atoms with Crippen molar-refractivity contribution in [1.29, 1.82) is 0 Å². The van der Waals surface area contributed by atoms with Gasteiger partial charge in [-0.2, -0.15) is 4.31 Å². The standard InChI is InChI=1S/C12H18N2O3S2/c1-9(2)14(6-7-15)19(16,17)11-5-3-4-10(8-11)12(13)18/h3-5,8-9,15H,6-7H2,1-2H3,(H2,13,18). The van der Waals surface area contributed by atoms with E-state index in [1.54, 1.807) is 26.0 Å². The molecule has 0 aromatic heterocycles. The largest absolute Gasteiger partial charge is 0.395 e. The van der Waals surface area contributed by atoms with Gasteiger partial charge in [0.05, 0.1) is 11.5 Å². The van der Waals surface area contributed by atoms with E-state index in [0.29, 0.717) is 5.56 Å². The zero-order chi connectivity index (χ0) is 14.6. The van der Waals surface area contributed by atoms with Crippen molar-refractivity contribution < 1.29 is 13.5 Å². The molecular formula is C12H18N2O3S2. The number of nitrogens with zero attached hydrogens (tertiary/aromatic N) is 1. The van der Waals surface area contributed by atoms with E-state index in [-0.39, 0.29) is 29.1 Å². The van der Waals surface area contributed by atoms with Crippen LogP contribution in [0.15, 0.2) is 29.2 Å². The molecule has 0 aliphatic heterocycles. The molecule has 0 aliphatic rings. The van der Waals surface area contributed by atoms with Crippen LogP contribution in [0.25, 0.3) is 0 Å². The fraction of sp³-hybridized carbons (Fsp3) is 0.417. The molecule has 1 aromatic rings. The lowest BCUT2D eigenvalue weighted by Gasteiger charge is -2.25. The Hall–Kier alpha value is -1.02. The highest BCUT2D eigenvalue weighted by Gasteiger charge is 2.26. The Balaban J connectivity index is 3.25. The summed E-state index contributed by atoms with van der Waals surface area (Å²) < 4.78 is 26.2. The molecule has 3 N–H and O–H groups in total. The van der Waals surface area contributed by atoms with Crippen molar-refractivity contribution in [2.75, 3.05) is 13.2 Å². The van der Waals surface area contributed by atoms with Gasteiger partial charge in [0.15, 0.2) is 0 Å². The Morgan fingerprint density at radius 3 is 2.58 bits per heavy atom. The molecule has 0 spiro atoms. The Bertz CT molecular complexity index is 556. The summed E-state index contributed by atoms with van der Waals surface area (Å²) >= 11 is 4.84. The highest BCUT2D eigenvalue weighted by molar-refractivity contribution is 7.89. The van der Waals surface area contributed by atoms with Gasteiger partial charge in [-0.05, 0) is 26.0 Å². The number of nitrogens with two attached hydrogens (primary N) is 1. The minimum absolute atomic E-state index is 0.0529. The van der Waals surface area contributed by atoms with Crippen molar-refractivity contribution in [2.24, 2.45) is 5.73 Å². The normalized spacial score (nSPS) is 12.1.